The molecule has 0 spiro atoms. The summed E-state index contributed by atoms with van der Waals surface area (Å²) in [4.78, 5) is 22.5. The van der Waals surface area contributed by atoms with Gasteiger partial charge in [0.15, 0.2) is 5.82 Å². The lowest BCUT2D eigenvalue weighted by atomic mass is 10.3. The van der Waals surface area contributed by atoms with Gasteiger partial charge in [0.25, 0.3) is 5.91 Å². The Morgan fingerprint density at radius 3 is 2.77 bits per heavy atom. The fraction of sp³-hybridized carbons (Fsp3) is 0.429. The molecule has 0 atom stereocenters. The highest BCUT2D eigenvalue weighted by Gasteiger charge is 2.23. The number of aryl methyl sites for hydroxylation is 2. The van der Waals surface area contributed by atoms with Crippen LogP contribution in [0.4, 0.5) is 11.5 Å². The summed E-state index contributed by atoms with van der Waals surface area (Å²) in [5, 5.41) is 10.7. The fourth-order valence-electron chi connectivity index (χ4n) is 2.63. The first-order chi connectivity index (χ1) is 10.7. The number of carbonyl (C=O) groups excluding carboxylic acids is 1. The highest BCUT2D eigenvalue weighted by atomic mass is 16.1. The molecule has 0 saturated carbocycles. The lowest BCUT2D eigenvalue weighted by Crippen LogP contribution is -2.44. The Labute approximate surface area is 128 Å². The minimum absolute atomic E-state index is 0.277. The first kappa shape index (κ1) is 14.5. The van der Waals surface area contributed by atoms with Crippen molar-refractivity contribution in [3.8, 4) is 0 Å². The van der Waals surface area contributed by atoms with E-state index >= 15 is 0 Å². The van der Waals surface area contributed by atoms with E-state index in [1.165, 1.54) is 18.6 Å². The maximum atomic E-state index is 12.3. The van der Waals surface area contributed by atoms with Crippen LogP contribution in [0.3, 0.4) is 0 Å². The number of carbonyl (C=O) groups is 1. The molecule has 22 heavy (non-hydrogen) atoms. The van der Waals surface area contributed by atoms with Crippen molar-refractivity contribution in [3.63, 3.8) is 0 Å². The van der Waals surface area contributed by atoms with E-state index in [0.29, 0.717) is 0 Å². The number of amides is 1. The Bertz CT molecular complexity index is 661. The number of hydrogen-bond donors (Lipinski definition) is 2. The molecule has 1 fully saturated rings. The Morgan fingerprint density at radius 2 is 2.09 bits per heavy atom. The summed E-state index contributed by atoms with van der Waals surface area (Å²) < 4.78 is 1.81. The van der Waals surface area contributed by atoms with E-state index in [9.17, 15) is 4.79 Å². The van der Waals surface area contributed by atoms with E-state index in [-0.39, 0.29) is 11.6 Å². The molecule has 1 aliphatic rings. The van der Waals surface area contributed by atoms with Gasteiger partial charge in [-0.15, -0.1) is 0 Å². The third kappa shape index (κ3) is 2.77. The van der Waals surface area contributed by atoms with E-state index in [2.05, 4.69) is 30.6 Å². The molecule has 2 aromatic heterocycles. The van der Waals surface area contributed by atoms with E-state index in [0.717, 1.165) is 43.4 Å². The van der Waals surface area contributed by atoms with Crippen LogP contribution in [0.15, 0.2) is 18.6 Å². The molecule has 3 heterocycles. The van der Waals surface area contributed by atoms with Crippen molar-refractivity contribution in [1.29, 1.82) is 0 Å². The molecule has 8 heteroatoms. The van der Waals surface area contributed by atoms with Gasteiger partial charge < -0.3 is 15.5 Å². The molecule has 116 valence electrons. The molecule has 0 aliphatic carbocycles. The van der Waals surface area contributed by atoms with Crippen molar-refractivity contribution < 1.29 is 4.79 Å². The number of nitrogens with zero attached hydrogens (tertiary/aromatic N) is 5. The molecule has 0 aromatic carbocycles. The van der Waals surface area contributed by atoms with E-state index in [1.807, 2.05) is 18.7 Å². The van der Waals surface area contributed by atoms with Crippen molar-refractivity contribution in [2.45, 2.75) is 6.92 Å². The van der Waals surface area contributed by atoms with Gasteiger partial charge in [-0.05, 0) is 6.92 Å². The van der Waals surface area contributed by atoms with Gasteiger partial charge in [0.1, 0.15) is 11.4 Å². The molecule has 2 aromatic rings. The largest absolute Gasteiger partial charge is 0.353 e. The number of nitrogens with one attached hydrogen (secondary N) is 2. The second kappa shape index (κ2) is 6.10. The van der Waals surface area contributed by atoms with Gasteiger partial charge in [0, 0.05) is 45.6 Å². The molecule has 2 N–H and O–H groups in total. The Morgan fingerprint density at radius 1 is 1.32 bits per heavy atom. The number of rotatable bonds is 3. The molecule has 1 amide bonds. The first-order valence-electron chi connectivity index (χ1n) is 7.23. The van der Waals surface area contributed by atoms with E-state index < -0.39 is 0 Å². The van der Waals surface area contributed by atoms with Crippen molar-refractivity contribution in [2.24, 2.45) is 7.05 Å². The zero-order chi connectivity index (χ0) is 15.5. The maximum Gasteiger partial charge on any atom is 0.276 e. The summed E-state index contributed by atoms with van der Waals surface area (Å²) >= 11 is 0. The minimum atomic E-state index is -0.277. The quantitative estimate of drug-likeness (QED) is 0.841. The summed E-state index contributed by atoms with van der Waals surface area (Å²) in [6.07, 6.45) is 4.49. The molecule has 0 unspecified atom stereocenters. The Hall–Kier alpha value is -2.48. The highest BCUT2D eigenvalue weighted by Crippen LogP contribution is 2.29. The van der Waals surface area contributed by atoms with Crippen LogP contribution in [0.2, 0.25) is 0 Å². The molecule has 1 saturated heterocycles. The van der Waals surface area contributed by atoms with Crippen molar-refractivity contribution >= 4 is 17.4 Å². The summed E-state index contributed by atoms with van der Waals surface area (Å²) in [5.41, 5.74) is 1.81. The molecule has 8 nitrogen and oxygen atoms in total. The lowest BCUT2D eigenvalue weighted by Gasteiger charge is -2.30. The summed E-state index contributed by atoms with van der Waals surface area (Å²) in [7, 11) is 1.89. The minimum Gasteiger partial charge on any atom is -0.353 e. The predicted molar refractivity (Wildman–Crippen MR) is 83.0 cm³/mol. The average Bonchev–Trinajstić information content (AvgIpc) is 2.83. The van der Waals surface area contributed by atoms with Crippen LogP contribution in [-0.4, -0.2) is 51.8 Å². The average molecular weight is 301 g/mol. The summed E-state index contributed by atoms with van der Waals surface area (Å²) in [5.74, 6) is 0.650. The Balaban J connectivity index is 1.88. The van der Waals surface area contributed by atoms with E-state index in [1.54, 1.807) is 0 Å². The third-order valence-electron chi connectivity index (χ3n) is 3.64. The zero-order valence-electron chi connectivity index (χ0n) is 12.7. The second-order valence-electron chi connectivity index (χ2n) is 5.19. The number of anilines is 2. The normalized spacial score (nSPS) is 14.9. The molecule has 0 bridgehead atoms. The maximum absolute atomic E-state index is 12.3. The van der Waals surface area contributed by atoms with Gasteiger partial charge >= 0.3 is 0 Å². The summed E-state index contributed by atoms with van der Waals surface area (Å²) in [6, 6.07) is 0. The highest BCUT2D eigenvalue weighted by molar-refractivity contribution is 6.04. The van der Waals surface area contributed by atoms with Gasteiger partial charge in [-0.3, -0.25) is 14.5 Å². The van der Waals surface area contributed by atoms with Crippen LogP contribution in [0, 0.1) is 6.92 Å². The summed E-state index contributed by atoms with van der Waals surface area (Å²) in [6.45, 7) is 5.49. The number of hydrogen-bond acceptors (Lipinski definition) is 6. The zero-order valence-corrected chi connectivity index (χ0v) is 12.7. The Kier molecular flexibility index (Phi) is 4.01. The molecule has 1 aliphatic heterocycles. The van der Waals surface area contributed by atoms with Gasteiger partial charge in [-0.1, -0.05) is 0 Å². The monoisotopic (exact) mass is 301 g/mol. The third-order valence-corrected chi connectivity index (χ3v) is 3.64. The predicted octanol–water partition coefficient (Wildman–Crippen LogP) is 0.180. The van der Waals surface area contributed by atoms with E-state index in [4.69, 9.17) is 0 Å². The lowest BCUT2D eigenvalue weighted by molar-refractivity contribution is 0.102. The van der Waals surface area contributed by atoms with Crippen LogP contribution >= 0.6 is 0 Å². The second-order valence-corrected chi connectivity index (χ2v) is 5.19. The van der Waals surface area contributed by atoms with Crippen molar-refractivity contribution in [1.82, 2.24) is 25.1 Å². The molecule has 0 radical (unpaired) electrons. The standard InChI is InChI=1S/C14H19N7O/c1-10-12(18-13(22)11-9-16-3-4-17-11)14(20(2)19-10)21-7-5-15-6-8-21/h3-4,9,15H,5-8H2,1-2H3,(H,18,22). The van der Waals surface area contributed by atoms with Crippen molar-refractivity contribution in [2.75, 3.05) is 36.4 Å². The van der Waals surface area contributed by atoms with Gasteiger partial charge in [-0.25, -0.2) is 4.98 Å². The van der Waals surface area contributed by atoms with Crippen LogP contribution in [0.25, 0.3) is 0 Å². The van der Waals surface area contributed by atoms with Gasteiger partial charge in [-0.2, -0.15) is 5.10 Å². The van der Waals surface area contributed by atoms with Crippen LogP contribution in [0.5, 0.6) is 0 Å². The molecular formula is C14H19N7O. The number of aromatic nitrogens is 4. The first-order valence-corrected chi connectivity index (χ1v) is 7.23. The van der Waals surface area contributed by atoms with Crippen LogP contribution in [0.1, 0.15) is 16.2 Å². The van der Waals surface area contributed by atoms with Gasteiger partial charge in [0.2, 0.25) is 0 Å². The smallest absolute Gasteiger partial charge is 0.276 e. The topological polar surface area (TPSA) is 88.0 Å². The van der Waals surface area contributed by atoms with Crippen LogP contribution in [-0.2, 0) is 7.05 Å². The number of piperazine rings is 1. The van der Waals surface area contributed by atoms with Gasteiger partial charge in [0.05, 0.1) is 11.9 Å². The van der Waals surface area contributed by atoms with Crippen LogP contribution < -0.4 is 15.5 Å². The fourth-order valence-corrected chi connectivity index (χ4v) is 2.63. The molecule has 3 rings (SSSR count). The van der Waals surface area contributed by atoms with Crippen molar-refractivity contribution in [3.05, 3.63) is 30.0 Å². The molecular weight excluding hydrogens is 282 g/mol. The SMILES string of the molecule is Cc1nn(C)c(N2CCNCC2)c1NC(=O)c1cnccn1.